The molecule has 0 saturated carbocycles. The second kappa shape index (κ2) is 4.89. The molecule has 78 valence electrons. The highest BCUT2D eigenvalue weighted by Gasteiger charge is 2.16. The zero-order valence-electron chi connectivity index (χ0n) is 7.88. The minimum absolute atomic E-state index is 0.0637. The number of carbonyl (C=O) groups excluding carboxylic acids is 1. The Hall–Kier alpha value is -1.41. The van der Waals surface area contributed by atoms with Crippen LogP contribution in [0.1, 0.15) is 22.8 Å². The van der Waals surface area contributed by atoms with Crippen molar-refractivity contribution in [2.75, 3.05) is 6.61 Å². The molecule has 1 rings (SSSR count). The predicted octanol–water partition coefficient (Wildman–Crippen LogP) is 2.64. The van der Waals surface area contributed by atoms with Crippen molar-refractivity contribution >= 4 is 21.9 Å². The Morgan fingerprint density at radius 1 is 1.67 bits per heavy atom. The molecule has 5 heteroatoms. The van der Waals surface area contributed by atoms with Crippen LogP contribution in [0.15, 0.2) is 16.6 Å². The summed E-state index contributed by atoms with van der Waals surface area (Å²) in [4.78, 5) is 11.4. The van der Waals surface area contributed by atoms with Crippen LogP contribution < -0.4 is 0 Å². The first kappa shape index (κ1) is 11.7. The SMILES string of the molecule is CCOC(=O)c1cc(F)cc(Br)c1C#N. The molecule has 0 unspecified atom stereocenters. The molecule has 0 heterocycles. The van der Waals surface area contributed by atoms with E-state index in [0.29, 0.717) is 0 Å². The van der Waals surface area contributed by atoms with Gasteiger partial charge in [0.25, 0.3) is 0 Å². The van der Waals surface area contributed by atoms with Crippen LogP contribution in [-0.4, -0.2) is 12.6 Å². The van der Waals surface area contributed by atoms with E-state index in [1.807, 2.05) is 6.07 Å². The smallest absolute Gasteiger partial charge is 0.339 e. The van der Waals surface area contributed by atoms with Gasteiger partial charge in [-0.2, -0.15) is 5.26 Å². The van der Waals surface area contributed by atoms with E-state index < -0.39 is 11.8 Å². The predicted molar refractivity (Wildman–Crippen MR) is 54.8 cm³/mol. The summed E-state index contributed by atoms with van der Waals surface area (Å²) in [7, 11) is 0. The standard InChI is InChI=1S/C10H7BrFNO2/c1-2-15-10(14)7-3-6(12)4-9(11)8(7)5-13/h3-4H,2H2,1H3. The number of halogens is 2. The highest BCUT2D eigenvalue weighted by molar-refractivity contribution is 9.10. The number of carbonyl (C=O) groups is 1. The van der Waals surface area contributed by atoms with Crippen LogP contribution in [0.4, 0.5) is 4.39 Å². The summed E-state index contributed by atoms with van der Waals surface area (Å²) >= 11 is 3.01. The van der Waals surface area contributed by atoms with Gasteiger partial charge in [0.1, 0.15) is 11.9 Å². The molecule has 0 aliphatic heterocycles. The summed E-state index contributed by atoms with van der Waals surface area (Å²) in [5.41, 5.74) is 0.0149. The minimum atomic E-state index is -0.700. The van der Waals surface area contributed by atoms with Gasteiger partial charge >= 0.3 is 5.97 Å². The van der Waals surface area contributed by atoms with Crippen molar-refractivity contribution in [3.05, 3.63) is 33.5 Å². The summed E-state index contributed by atoms with van der Waals surface area (Å²) in [5, 5.41) is 8.80. The highest BCUT2D eigenvalue weighted by atomic mass is 79.9. The van der Waals surface area contributed by atoms with Crippen LogP contribution in [0.2, 0.25) is 0 Å². The van der Waals surface area contributed by atoms with Gasteiger partial charge in [-0.1, -0.05) is 0 Å². The van der Waals surface area contributed by atoms with Gasteiger partial charge in [-0.3, -0.25) is 0 Å². The van der Waals surface area contributed by atoms with Crippen LogP contribution in [-0.2, 0) is 4.74 Å². The van der Waals surface area contributed by atoms with Gasteiger partial charge in [0.2, 0.25) is 0 Å². The molecule has 0 spiro atoms. The normalized spacial score (nSPS) is 9.47. The number of rotatable bonds is 2. The lowest BCUT2D eigenvalue weighted by atomic mass is 10.1. The van der Waals surface area contributed by atoms with E-state index in [1.54, 1.807) is 6.92 Å². The molecule has 3 nitrogen and oxygen atoms in total. The lowest BCUT2D eigenvalue weighted by Crippen LogP contribution is -2.08. The number of nitrogens with zero attached hydrogens (tertiary/aromatic N) is 1. The maximum Gasteiger partial charge on any atom is 0.339 e. The third kappa shape index (κ3) is 2.54. The molecular formula is C10H7BrFNO2. The third-order valence-electron chi connectivity index (χ3n) is 1.66. The number of ether oxygens (including phenoxy) is 1. The fourth-order valence-electron chi connectivity index (χ4n) is 1.06. The molecule has 15 heavy (non-hydrogen) atoms. The molecule has 0 amide bonds. The fraction of sp³-hybridized carbons (Fsp3) is 0.200. The molecule has 1 aromatic rings. The quantitative estimate of drug-likeness (QED) is 0.777. The third-order valence-corrected chi connectivity index (χ3v) is 2.29. The Kier molecular flexibility index (Phi) is 3.81. The van der Waals surface area contributed by atoms with Crippen LogP contribution in [0, 0.1) is 17.1 Å². The maximum absolute atomic E-state index is 13.0. The monoisotopic (exact) mass is 271 g/mol. The van der Waals surface area contributed by atoms with E-state index in [2.05, 4.69) is 15.9 Å². The average molecular weight is 272 g/mol. The Morgan fingerprint density at radius 2 is 2.33 bits per heavy atom. The molecule has 0 fully saturated rings. The van der Waals surface area contributed by atoms with E-state index in [4.69, 9.17) is 10.00 Å². The van der Waals surface area contributed by atoms with Crippen molar-refractivity contribution in [3.63, 3.8) is 0 Å². The highest BCUT2D eigenvalue weighted by Crippen LogP contribution is 2.22. The van der Waals surface area contributed by atoms with Gasteiger partial charge in [-0.25, -0.2) is 9.18 Å². The molecule has 1 aromatic carbocycles. The van der Waals surface area contributed by atoms with Crippen molar-refractivity contribution in [2.45, 2.75) is 6.92 Å². The Labute approximate surface area is 94.6 Å². The molecule has 0 atom stereocenters. The summed E-state index contributed by atoms with van der Waals surface area (Å²) in [6.45, 7) is 1.82. The second-order valence-electron chi connectivity index (χ2n) is 2.64. The summed E-state index contributed by atoms with van der Waals surface area (Å²) in [6.07, 6.45) is 0. The number of benzene rings is 1. The van der Waals surface area contributed by atoms with E-state index in [-0.39, 0.29) is 22.2 Å². The molecule has 0 aliphatic rings. The lowest BCUT2D eigenvalue weighted by Gasteiger charge is -2.05. The first-order chi connectivity index (χ1) is 7.10. The molecule has 0 aromatic heterocycles. The maximum atomic E-state index is 13.0. The van der Waals surface area contributed by atoms with Gasteiger partial charge in [-0.05, 0) is 35.0 Å². The van der Waals surface area contributed by atoms with Crippen molar-refractivity contribution in [1.29, 1.82) is 5.26 Å². The van der Waals surface area contributed by atoms with E-state index in [9.17, 15) is 9.18 Å². The van der Waals surface area contributed by atoms with Crippen molar-refractivity contribution in [1.82, 2.24) is 0 Å². The molecular weight excluding hydrogens is 265 g/mol. The van der Waals surface area contributed by atoms with Crippen LogP contribution in [0.5, 0.6) is 0 Å². The zero-order valence-corrected chi connectivity index (χ0v) is 9.47. The first-order valence-corrected chi connectivity index (χ1v) is 4.95. The van der Waals surface area contributed by atoms with Crippen LogP contribution in [0.25, 0.3) is 0 Å². The molecule has 0 N–H and O–H groups in total. The number of hydrogen-bond acceptors (Lipinski definition) is 3. The minimum Gasteiger partial charge on any atom is -0.462 e. The summed E-state index contributed by atoms with van der Waals surface area (Å²) in [5.74, 6) is -1.29. The van der Waals surface area contributed by atoms with E-state index in [0.717, 1.165) is 12.1 Å². The Morgan fingerprint density at radius 3 is 2.87 bits per heavy atom. The Bertz CT molecular complexity index is 440. The fourth-order valence-corrected chi connectivity index (χ4v) is 1.58. The number of hydrogen-bond donors (Lipinski definition) is 0. The molecule has 0 bridgehead atoms. The van der Waals surface area contributed by atoms with Crippen molar-refractivity contribution < 1.29 is 13.9 Å². The van der Waals surface area contributed by atoms with Crippen LogP contribution >= 0.6 is 15.9 Å². The topological polar surface area (TPSA) is 50.1 Å². The van der Waals surface area contributed by atoms with Gasteiger partial charge in [0, 0.05) is 4.47 Å². The van der Waals surface area contributed by atoms with Crippen molar-refractivity contribution in [2.24, 2.45) is 0 Å². The number of nitriles is 1. The lowest BCUT2D eigenvalue weighted by molar-refractivity contribution is 0.0525. The van der Waals surface area contributed by atoms with Gasteiger partial charge in [-0.15, -0.1) is 0 Å². The van der Waals surface area contributed by atoms with Crippen LogP contribution in [0.3, 0.4) is 0 Å². The number of esters is 1. The largest absolute Gasteiger partial charge is 0.462 e. The summed E-state index contributed by atoms with van der Waals surface area (Å²) < 4.78 is 17.9. The molecule has 0 saturated heterocycles. The van der Waals surface area contributed by atoms with Gasteiger partial charge in [0.05, 0.1) is 17.7 Å². The average Bonchev–Trinajstić information content (AvgIpc) is 2.17. The summed E-state index contributed by atoms with van der Waals surface area (Å²) in [6, 6.07) is 3.93. The molecule has 0 radical (unpaired) electrons. The van der Waals surface area contributed by atoms with Gasteiger partial charge < -0.3 is 4.74 Å². The Balaban J connectivity index is 3.28. The van der Waals surface area contributed by atoms with E-state index in [1.165, 1.54) is 0 Å². The molecule has 0 aliphatic carbocycles. The zero-order chi connectivity index (χ0) is 11.4. The first-order valence-electron chi connectivity index (χ1n) is 4.16. The van der Waals surface area contributed by atoms with Gasteiger partial charge in [0.15, 0.2) is 0 Å². The van der Waals surface area contributed by atoms with Crippen molar-refractivity contribution in [3.8, 4) is 6.07 Å². The van der Waals surface area contributed by atoms with E-state index >= 15 is 0 Å². The second-order valence-corrected chi connectivity index (χ2v) is 3.50.